The maximum atomic E-state index is 10.7. The second-order valence-corrected chi connectivity index (χ2v) is 4.48. The maximum absolute atomic E-state index is 10.7. The molecule has 0 unspecified atom stereocenters. The summed E-state index contributed by atoms with van der Waals surface area (Å²) < 4.78 is 0. The number of nitrogens with zero attached hydrogens (tertiary/aromatic N) is 4. The highest BCUT2D eigenvalue weighted by atomic mass is 32.2. The zero-order valence-electron chi connectivity index (χ0n) is 9.40. The predicted molar refractivity (Wildman–Crippen MR) is 66.2 cm³/mol. The molecule has 8 heteroatoms. The van der Waals surface area contributed by atoms with Gasteiger partial charge in [-0.25, -0.2) is 15.0 Å². The summed E-state index contributed by atoms with van der Waals surface area (Å²) in [5.41, 5.74) is 6.34. The number of hydrogen-bond acceptors (Lipinski definition) is 7. The zero-order valence-corrected chi connectivity index (χ0v) is 10.2. The minimum absolute atomic E-state index is 0.0961. The Bertz CT molecular complexity index is 587. The molecular weight excluding hydrogens is 254 g/mol. The highest BCUT2D eigenvalue weighted by Gasteiger charge is 2.11. The molecular formula is C10H9N5O2S. The molecule has 0 aliphatic heterocycles. The van der Waals surface area contributed by atoms with Crippen LogP contribution in [0, 0.1) is 17.0 Å². The number of aromatic nitrogens is 3. The molecule has 2 aromatic heterocycles. The van der Waals surface area contributed by atoms with Gasteiger partial charge in [0.25, 0.3) is 5.69 Å². The third kappa shape index (κ3) is 2.92. The monoisotopic (exact) mass is 263 g/mol. The summed E-state index contributed by atoms with van der Waals surface area (Å²) in [6.07, 6.45) is 3.33. The first-order chi connectivity index (χ1) is 8.54. The number of nitro groups is 1. The summed E-state index contributed by atoms with van der Waals surface area (Å²) in [4.78, 5) is 22.3. The average Bonchev–Trinajstić information content (AvgIpc) is 2.31. The molecule has 0 spiro atoms. The van der Waals surface area contributed by atoms with Crippen LogP contribution in [0.2, 0.25) is 0 Å². The molecule has 0 radical (unpaired) electrons. The van der Waals surface area contributed by atoms with Crippen LogP contribution in [0.4, 0.5) is 11.5 Å². The van der Waals surface area contributed by atoms with Crippen LogP contribution in [-0.4, -0.2) is 19.9 Å². The molecule has 0 fully saturated rings. The largest absolute Gasteiger partial charge is 0.383 e. The third-order valence-electron chi connectivity index (χ3n) is 1.97. The Morgan fingerprint density at radius 3 is 2.61 bits per heavy atom. The van der Waals surface area contributed by atoms with Crippen molar-refractivity contribution in [2.24, 2.45) is 0 Å². The molecule has 0 aliphatic rings. The van der Waals surface area contributed by atoms with Gasteiger partial charge in [-0.2, -0.15) is 0 Å². The lowest BCUT2D eigenvalue weighted by molar-refractivity contribution is -0.385. The molecule has 0 aliphatic carbocycles. The van der Waals surface area contributed by atoms with Gasteiger partial charge in [0.1, 0.15) is 10.8 Å². The van der Waals surface area contributed by atoms with E-state index in [9.17, 15) is 10.1 Å². The van der Waals surface area contributed by atoms with Crippen molar-refractivity contribution >= 4 is 23.3 Å². The van der Waals surface area contributed by atoms with Crippen LogP contribution in [0.1, 0.15) is 5.56 Å². The lowest BCUT2D eigenvalue weighted by Gasteiger charge is -2.01. The molecule has 0 saturated heterocycles. The number of anilines is 1. The van der Waals surface area contributed by atoms with Crippen molar-refractivity contribution < 1.29 is 4.92 Å². The maximum Gasteiger partial charge on any atom is 0.275 e. The van der Waals surface area contributed by atoms with Gasteiger partial charge in [0.05, 0.1) is 11.0 Å². The van der Waals surface area contributed by atoms with Gasteiger partial charge in [-0.3, -0.25) is 10.1 Å². The average molecular weight is 263 g/mol. The fraction of sp³-hybridized carbons (Fsp3) is 0.100. The minimum Gasteiger partial charge on any atom is -0.383 e. The van der Waals surface area contributed by atoms with Gasteiger partial charge < -0.3 is 5.73 Å². The first-order valence-electron chi connectivity index (χ1n) is 4.93. The number of hydrogen-bond donors (Lipinski definition) is 1. The molecule has 2 heterocycles. The molecule has 2 rings (SSSR count). The van der Waals surface area contributed by atoms with Crippen molar-refractivity contribution in [3.63, 3.8) is 0 Å². The Morgan fingerprint density at radius 2 is 2.00 bits per heavy atom. The molecule has 92 valence electrons. The molecule has 2 N–H and O–H groups in total. The fourth-order valence-corrected chi connectivity index (χ4v) is 1.92. The number of rotatable bonds is 3. The van der Waals surface area contributed by atoms with Crippen molar-refractivity contribution in [3.8, 4) is 0 Å². The summed E-state index contributed by atoms with van der Waals surface area (Å²) in [6, 6.07) is 2.55. The molecule has 7 nitrogen and oxygen atoms in total. The van der Waals surface area contributed by atoms with Gasteiger partial charge in [0, 0.05) is 18.5 Å². The van der Waals surface area contributed by atoms with Crippen molar-refractivity contribution in [1.29, 1.82) is 0 Å². The Morgan fingerprint density at radius 1 is 1.33 bits per heavy atom. The lowest BCUT2D eigenvalue weighted by Crippen LogP contribution is -1.96. The first kappa shape index (κ1) is 12.2. The normalized spacial score (nSPS) is 10.3. The Hall–Kier alpha value is -2.22. The number of pyridine rings is 1. The van der Waals surface area contributed by atoms with Gasteiger partial charge in [-0.15, -0.1) is 0 Å². The van der Waals surface area contributed by atoms with Crippen LogP contribution in [0.5, 0.6) is 0 Å². The van der Waals surface area contributed by atoms with E-state index in [2.05, 4.69) is 15.0 Å². The van der Waals surface area contributed by atoms with Crippen molar-refractivity contribution in [2.75, 3.05) is 5.73 Å². The first-order valence-corrected chi connectivity index (χ1v) is 5.75. The smallest absolute Gasteiger partial charge is 0.275 e. The molecule has 18 heavy (non-hydrogen) atoms. The van der Waals surface area contributed by atoms with Crippen LogP contribution < -0.4 is 5.73 Å². The number of nitrogen functional groups attached to an aromatic ring is 1. The predicted octanol–water partition coefficient (Wildman–Crippen LogP) is 1.82. The van der Waals surface area contributed by atoms with E-state index in [-0.39, 0.29) is 11.5 Å². The lowest BCUT2D eigenvalue weighted by atomic mass is 10.4. The Kier molecular flexibility index (Phi) is 3.38. The van der Waals surface area contributed by atoms with E-state index in [0.717, 1.165) is 17.3 Å². The van der Waals surface area contributed by atoms with Crippen LogP contribution in [0.3, 0.4) is 0 Å². The fourth-order valence-electron chi connectivity index (χ4n) is 1.20. The molecule has 0 aromatic carbocycles. The summed E-state index contributed by atoms with van der Waals surface area (Å²) in [5.74, 6) is 0.0961. The Balaban J connectivity index is 2.28. The highest BCUT2D eigenvalue weighted by molar-refractivity contribution is 7.99. The van der Waals surface area contributed by atoms with Crippen LogP contribution in [0.15, 0.2) is 34.7 Å². The van der Waals surface area contributed by atoms with Gasteiger partial charge >= 0.3 is 0 Å². The van der Waals surface area contributed by atoms with Gasteiger partial charge in [-0.05, 0) is 24.2 Å². The van der Waals surface area contributed by atoms with E-state index < -0.39 is 4.92 Å². The summed E-state index contributed by atoms with van der Waals surface area (Å²) in [7, 11) is 0. The number of nitrogens with two attached hydrogens (primary N) is 1. The van der Waals surface area contributed by atoms with Crippen molar-refractivity contribution in [2.45, 2.75) is 17.1 Å². The molecule has 2 aromatic rings. The van der Waals surface area contributed by atoms with Crippen LogP contribution in [-0.2, 0) is 0 Å². The Labute approximate surface area is 107 Å². The number of aryl methyl sites for hydroxylation is 1. The third-order valence-corrected chi connectivity index (χ3v) is 2.78. The quantitative estimate of drug-likeness (QED) is 0.511. The summed E-state index contributed by atoms with van der Waals surface area (Å²) in [5, 5.41) is 11.5. The highest BCUT2D eigenvalue weighted by Crippen LogP contribution is 2.27. The molecule has 0 atom stereocenters. The van der Waals surface area contributed by atoms with E-state index in [1.54, 1.807) is 12.4 Å². The van der Waals surface area contributed by atoms with Crippen molar-refractivity contribution in [3.05, 3.63) is 40.2 Å². The van der Waals surface area contributed by atoms with E-state index in [0.29, 0.717) is 10.2 Å². The minimum atomic E-state index is -0.516. The van der Waals surface area contributed by atoms with Crippen molar-refractivity contribution in [1.82, 2.24) is 15.0 Å². The van der Waals surface area contributed by atoms with E-state index in [1.165, 1.54) is 12.1 Å². The zero-order chi connectivity index (χ0) is 13.1. The van der Waals surface area contributed by atoms with E-state index in [1.807, 2.05) is 6.92 Å². The van der Waals surface area contributed by atoms with Gasteiger partial charge in [0.2, 0.25) is 0 Å². The molecule has 0 amide bonds. The standard InChI is InChI=1S/C10H9N5O2S/c1-6-4-12-10(13-5-6)18-9-3-7(15(16)17)2-8(11)14-9/h2-5H,1H3,(H2,11,14). The summed E-state index contributed by atoms with van der Waals surface area (Å²) >= 11 is 1.12. The van der Waals surface area contributed by atoms with E-state index in [4.69, 9.17) is 5.73 Å². The molecule has 0 bridgehead atoms. The van der Waals surface area contributed by atoms with Gasteiger partial charge in [-0.1, -0.05) is 0 Å². The van der Waals surface area contributed by atoms with Crippen LogP contribution in [0.25, 0.3) is 0 Å². The second kappa shape index (κ2) is 4.96. The van der Waals surface area contributed by atoms with Gasteiger partial charge in [0.15, 0.2) is 5.16 Å². The van der Waals surface area contributed by atoms with Crippen LogP contribution >= 0.6 is 11.8 Å². The second-order valence-electron chi connectivity index (χ2n) is 3.49. The SMILES string of the molecule is Cc1cnc(Sc2cc([N+](=O)[O-])cc(N)n2)nc1. The van der Waals surface area contributed by atoms with E-state index >= 15 is 0 Å². The molecule has 0 saturated carbocycles. The topological polar surface area (TPSA) is 108 Å². The summed E-state index contributed by atoms with van der Waals surface area (Å²) in [6.45, 7) is 1.87.